The Hall–Kier alpha value is -2.61. The van der Waals surface area contributed by atoms with E-state index in [0.717, 1.165) is 6.42 Å². The van der Waals surface area contributed by atoms with Gasteiger partial charge < -0.3 is 25.8 Å². The van der Waals surface area contributed by atoms with Crippen LogP contribution in [0.25, 0.3) is 0 Å². The van der Waals surface area contributed by atoms with E-state index in [-0.39, 0.29) is 23.6 Å². The maximum Gasteiger partial charge on any atom is 0.326 e. The fourth-order valence-corrected chi connectivity index (χ4v) is 2.80. The number of carboxylic acid groups (broad SMARTS) is 1. The molecule has 2 rings (SSSR count). The van der Waals surface area contributed by atoms with Gasteiger partial charge >= 0.3 is 12.0 Å². The smallest absolute Gasteiger partial charge is 0.326 e. The van der Waals surface area contributed by atoms with Crippen LogP contribution in [0.4, 0.5) is 10.5 Å². The third kappa shape index (κ3) is 5.73. The van der Waals surface area contributed by atoms with Crippen molar-refractivity contribution < 1.29 is 24.2 Å². The second kappa shape index (κ2) is 9.19. The third-order valence-electron chi connectivity index (χ3n) is 4.02. The highest BCUT2D eigenvalue weighted by Crippen LogP contribution is 2.19. The van der Waals surface area contributed by atoms with Crippen molar-refractivity contribution in [2.24, 2.45) is 5.92 Å². The number of hydrogen-bond donors (Lipinski definition) is 4. The van der Waals surface area contributed by atoms with Crippen LogP contribution in [0.1, 0.15) is 37.0 Å². The van der Waals surface area contributed by atoms with Crippen LogP contribution in [-0.2, 0) is 9.53 Å². The van der Waals surface area contributed by atoms with Crippen molar-refractivity contribution >= 4 is 23.6 Å². The summed E-state index contributed by atoms with van der Waals surface area (Å²) in [6.45, 7) is 4.60. The molecule has 0 spiro atoms. The van der Waals surface area contributed by atoms with Gasteiger partial charge in [0.25, 0.3) is 5.91 Å². The molecule has 0 radical (unpaired) electrons. The predicted octanol–water partition coefficient (Wildman–Crippen LogP) is 1.83. The monoisotopic (exact) mass is 363 g/mol. The van der Waals surface area contributed by atoms with Gasteiger partial charge in [-0.2, -0.15) is 0 Å². The lowest BCUT2D eigenvalue weighted by Crippen LogP contribution is -2.48. The van der Waals surface area contributed by atoms with Crippen LogP contribution in [0.5, 0.6) is 0 Å². The van der Waals surface area contributed by atoms with Crippen molar-refractivity contribution in [1.82, 2.24) is 10.6 Å². The zero-order chi connectivity index (χ0) is 19.1. The van der Waals surface area contributed by atoms with E-state index in [1.165, 1.54) is 6.07 Å². The van der Waals surface area contributed by atoms with Crippen molar-refractivity contribution in [3.63, 3.8) is 0 Å². The molecule has 1 saturated heterocycles. The zero-order valence-corrected chi connectivity index (χ0v) is 15.0. The van der Waals surface area contributed by atoms with E-state index < -0.39 is 17.9 Å². The highest BCUT2D eigenvalue weighted by molar-refractivity contribution is 5.98. The lowest BCUT2D eigenvalue weighted by molar-refractivity contribution is -0.142. The summed E-state index contributed by atoms with van der Waals surface area (Å²) in [5.74, 6) is -1.85. The number of ether oxygens (including phenoxy) is 1. The van der Waals surface area contributed by atoms with E-state index in [1.54, 1.807) is 18.2 Å². The number of urea groups is 1. The van der Waals surface area contributed by atoms with Crippen LogP contribution in [0.3, 0.4) is 0 Å². The Bertz CT molecular complexity index is 656. The lowest BCUT2D eigenvalue weighted by Gasteiger charge is -2.28. The number of carbonyl (C=O) groups is 3. The van der Waals surface area contributed by atoms with E-state index in [9.17, 15) is 19.5 Å². The van der Waals surface area contributed by atoms with Crippen LogP contribution < -0.4 is 16.0 Å². The molecule has 1 aliphatic heterocycles. The van der Waals surface area contributed by atoms with Crippen molar-refractivity contribution in [3.05, 3.63) is 29.8 Å². The number of nitrogens with one attached hydrogen (secondary N) is 3. The summed E-state index contributed by atoms with van der Waals surface area (Å²) in [5.41, 5.74) is 0.721. The maximum absolute atomic E-state index is 12.5. The number of aliphatic carboxylic acids is 1. The summed E-state index contributed by atoms with van der Waals surface area (Å²) in [6, 6.07) is 4.95. The minimum atomic E-state index is -1.08. The van der Waals surface area contributed by atoms with E-state index in [0.29, 0.717) is 25.3 Å². The highest BCUT2D eigenvalue weighted by atomic mass is 16.5. The molecule has 3 amide bonds. The summed E-state index contributed by atoms with van der Waals surface area (Å²) in [7, 11) is 0. The topological polar surface area (TPSA) is 117 Å². The number of benzene rings is 1. The molecule has 0 aromatic heterocycles. The Labute approximate surface area is 152 Å². The molecule has 0 aliphatic carbocycles. The van der Waals surface area contributed by atoms with Crippen molar-refractivity contribution in [1.29, 1.82) is 0 Å². The molecule has 4 N–H and O–H groups in total. The Morgan fingerprint density at radius 1 is 1.23 bits per heavy atom. The molecule has 1 aliphatic rings. The minimum absolute atomic E-state index is 0.0180. The molecule has 1 fully saturated rings. The lowest BCUT2D eigenvalue weighted by atomic mass is 9.93. The Morgan fingerprint density at radius 2 is 2.00 bits per heavy atom. The third-order valence-corrected chi connectivity index (χ3v) is 4.02. The van der Waals surface area contributed by atoms with Crippen molar-refractivity contribution in [3.8, 4) is 0 Å². The number of carboxylic acids is 1. The normalized spacial score (nSPS) is 18.0. The quantitative estimate of drug-likeness (QED) is 0.615. The van der Waals surface area contributed by atoms with Gasteiger partial charge in [0.1, 0.15) is 6.04 Å². The zero-order valence-electron chi connectivity index (χ0n) is 15.0. The van der Waals surface area contributed by atoms with E-state index in [1.807, 2.05) is 13.8 Å². The molecule has 26 heavy (non-hydrogen) atoms. The maximum atomic E-state index is 12.5. The van der Waals surface area contributed by atoms with Gasteiger partial charge in [0, 0.05) is 29.8 Å². The molecule has 8 nitrogen and oxygen atoms in total. The molecule has 2 atom stereocenters. The summed E-state index contributed by atoms with van der Waals surface area (Å²) in [6.07, 6.45) is 1.46. The van der Waals surface area contributed by atoms with Gasteiger partial charge in [-0.25, -0.2) is 9.59 Å². The second-order valence-electron chi connectivity index (χ2n) is 6.60. The largest absolute Gasteiger partial charge is 0.480 e. The van der Waals surface area contributed by atoms with Crippen molar-refractivity contribution in [2.75, 3.05) is 18.5 Å². The fraction of sp³-hybridized carbons (Fsp3) is 0.500. The Balaban J connectivity index is 2.04. The van der Waals surface area contributed by atoms with Gasteiger partial charge in [0.15, 0.2) is 0 Å². The first-order valence-electron chi connectivity index (χ1n) is 8.66. The Morgan fingerprint density at radius 3 is 2.62 bits per heavy atom. The highest BCUT2D eigenvalue weighted by Gasteiger charge is 2.31. The molecule has 1 aromatic rings. The molecule has 142 valence electrons. The van der Waals surface area contributed by atoms with Crippen LogP contribution in [-0.4, -0.2) is 48.3 Å². The molecular formula is C18H25N3O5. The number of rotatable bonds is 6. The molecule has 1 heterocycles. The van der Waals surface area contributed by atoms with Crippen LogP contribution in [0.15, 0.2) is 24.3 Å². The van der Waals surface area contributed by atoms with Gasteiger partial charge in [-0.3, -0.25) is 4.79 Å². The fourth-order valence-electron chi connectivity index (χ4n) is 2.80. The van der Waals surface area contributed by atoms with Crippen molar-refractivity contribution in [2.45, 2.75) is 38.8 Å². The number of anilines is 1. The average molecular weight is 363 g/mol. The number of hydrogen-bond acceptors (Lipinski definition) is 4. The van der Waals surface area contributed by atoms with E-state index in [4.69, 9.17) is 4.74 Å². The molecule has 8 heteroatoms. The predicted molar refractivity (Wildman–Crippen MR) is 96.2 cm³/mol. The first kappa shape index (κ1) is 19.7. The Kier molecular flexibility index (Phi) is 6.97. The van der Waals surface area contributed by atoms with Gasteiger partial charge in [-0.1, -0.05) is 6.07 Å². The summed E-state index contributed by atoms with van der Waals surface area (Å²) in [4.78, 5) is 35.8. The van der Waals surface area contributed by atoms with Gasteiger partial charge in [0.05, 0.1) is 6.61 Å². The van der Waals surface area contributed by atoms with E-state index in [2.05, 4.69) is 16.0 Å². The summed E-state index contributed by atoms with van der Waals surface area (Å²) >= 11 is 0. The van der Waals surface area contributed by atoms with Gasteiger partial charge in [-0.15, -0.1) is 0 Å². The molecule has 1 aromatic carbocycles. The van der Waals surface area contributed by atoms with Crippen LogP contribution >= 0.6 is 0 Å². The molecule has 2 unspecified atom stereocenters. The molecular weight excluding hydrogens is 338 g/mol. The summed E-state index contributed by atoms with van der Waals surface area (Å²) in [5, 5.41) is 17.3. The first-order valence-corrected chi connectivity index (χ1v) is 8.66. The number of amides is 3. The van der Waals surface area contributed by atoms with Gasteiger partial charge in [-0.05, 0) is 44.9 Å². The minimum Gasteiger partial charge on any atom is -0.480 e. The molecule has 0 bridgehead atoms. The first-order chi connectivity index (χ1) is 12.4. The number of carbonyl (C=O) groups excluding carboxylic acids is 2. The standard InChI is InChI=1S/C18H25N3O5/c1-11(2)19-18(25)20-14-7-3-5-12(9-14)16(22)21-15(17(23)24)13-6-4-8-26-10-13/h3,5,7,9,11,13,15H,4,6,8,10H2,1-2H3,(H,21,22)(H,23,24)(H2,19,20,25). The molecule has 0 saturated carbocycles. The van der Waals surface area contributed by atoms with E-state index >= 15 is 0 Å². The van der Waals surface area contributed by atoms with Crippen LogP contribution in [0.2, 0.25) is 0 Å². The second-order valence-corrected chi connectivity index (χ2v) is 6.60. The SMILES string of the molecule is CC(C)NC(=O)Nc1cccc(C(=O)NC(C(=O)O)C2CCCOC2)c1. The summed E-state index contributed by atoms with van der Waals surface area (Å²) < 4.78 is 5.33. The van der Waals surface area contributed by atoms with Crippen LogP contribution in [0, 0.1) is 5.92 Å². The van der Waals surface area contributed by atoms with Gasteiger partial charge in [0.2, 0.25) is 0 Å². The average Bonchev–Trinajstić information content (AvgIpc) is 2.59.